The second-order valence-corrected chi connectivity index (χ2v) is 4.84. The lowest BCUT2D eigenvalue weighted by molar-refractivity contribution is 0.333. The van der Waals surface area contributed by atoms with Crippen LogP contribution in [0.2, 0.25) is 0 Å². The van der Waals surface area contributed by atoms with Crippen LogP contribution in [0, 0.1) is 11.8 Å². The van der Waals surface area contributed by atoms with Gasteiger partial charge in [0.25, 0.3) is 0 Å². The number of hydrogen-bond acceptors (Lipinski definition) is 2. The van der Waals surface area contributed by atoms with Gasteiger partial charge in [-0.3, -0.25) is 11.3 Å². The highest BCUT2D eigenvalue weighted by molar-refractivity contribution is 4.82. The summed E-state index contributed by atoms with van der Waals surface area (Å²) in [6.45, 7) is 0. The second kappa shape index (κ2) is 4.43. The summed E-state index contributed by atoms with van der Waals surface area (Å²) >= 11 is 0. The molecule has 1 unspecified atom stereocenters. The molecule has 0 aliphatic heterocycles. The summed E-state index contributed by atoms with van der Waals surface area (Å²) in [7, 11) is 0. The van der Waals surface area contributed by atoms with Crippen molar-refractivity contribution >= 4 is 0 Å². The Morgan fingerprint density at radius 1 is 1.15 bits per heavy atom. The summed E-state index contributed by atoms with van der Waals surface area (Å²) in [5, 5.41) is 0. The van der Waals surface area contributed by atoms with Gasteiger partial charge in [0.05, 0.1) is 0 Å². The first-order valence-electron chi connectivity index (χ1n) is 5.86. The highest BCUT2D eigenvalue weighted by Crippen LogP contribution is 2.36. The molecule has 0 radical (unpaired) electrons. The molecule has 1 atom stereocenters. The highest BCUT2D eigenvalue weighted by atomic mass is 15.2. The van der Waals surface area contributed by atoms with Gasteiger partial charge in [-0.15, -0.1) is 0 Å². The average molecular weight is 182 g/mol. The van der Waals surface area contributed by atoms with Gasteiger partial charge in [0.15, 0.2) is 0 Å². The van der Waals surface area contributed by atoms with Crippen LogP contribution in [-0.2, 0) is 0 Å². The van der Waals surface area contributed by atoms with Crippen LogP contribution in [0.1, 0.15) is 51.4 Å². The van der Waals surface area contributed by atoms with E-state index in [2.05, 4.69) is 5.43 Å². The molecule has 0 aromatic carbocycles. The molecular formula is C11H22N2. The summed E-state index contributed by atoms with van der Waals surface area (Å²) < 4.78 is 0. The fraction of sp³-hybridized carbons (Fsp3) is 1.00. The third-order valence-corrected chi connectivity index (χ3v) is 3.77. The lowest BCUT2D eigenvalue weighted by atomic mass is 9.94. The Kier molecular flexibility index (Phi) is 3.23. The molecule has 0 heterocycles. The zero-order valence-corrected chi connectivity index (χ0v) is 8.47. The van der Waals surface area contributed by atoms with E-state index in [1.807, 2.05) is 0 Å². The van der Waals surface area contributed by atoms with E-state index in [4.69, 9.17) is 5.84 Å². The molecule has 0 bridgehead atoms. The Hall–Kier alpha value is -0.0800. The minimum Gasteiger partial charge on any atom is -0.271 e. The molecule has 13 heavy (non-hydrogen) atoms. The van der Waals surface area contributed by atoms with Crippen LogP contribution in [0.15, 0.2) is 0 Å². The van der Waals surface area contributed by atoms with Gasteiger partial charge in [0.2, 0.25) is 0 Å². The first-order chi connectivity index (χ1) is 6.40. The molecule has 0 aromatic rings. The minimum absolute atomic E-state index is 0.614. The van der Waals surface area contributed by atoms with Gasteiger partial charge in [0.1, 0.15) is 0 Å². The Balaban J connectivity index is 1.70. The summed E-state index contributed by atoms with van der Waals surface area (Å²) in [4.78, 5) is 0. The van der Waals surface area contributed by atoms with Crippen LogP contribution in [0.5, 0.6) is 0 Å². The van der Waals surface area contributed by atoms with Gasteiger partial charge in [-0.05, 0) is 37.5 Å². The molecule has 2 aliphatic rings. The van der Waals surface area contributed by atoms with Gasteiger partial charge in [0, 0.05) is 6.04 Å². The van der Waals surface area contributed by atoms with Gasteiger partial charge < -0.3 is 0 Å². The maximum atomic E-state index is 5.61. The lowest BCUT2D eigenvalue weighted by Crippen LogP contribution is -2.40. The van der Waals surface area contributed by atoms with E-state index in [1.54, 1.807) is 0 Å². The van der Waals surface area contributed by atoms with Gasteiger partial charge in [-0.2, -0.15) is 0 Å². The van der Waals surface area contributed by atoms with Crippen LogP contribution in [0.3, 0.4) is 0 Å². The monoisotopic (exact) mass is 182 g/mol. The van der Waals surface area contributed by atoms with E-state index in [0.29, 0.717) is 6.04 Å². The van der Waals surface area contributed by atoms with Crippen LogP contribution >= 0.6 is 0 Å². The predicted octanol–water partition coefficient (Wildman–Crippen LogP) is 2.20. The van der Waals surface area contributed by atoms with E-state index in [1.165, 1.54) is 51.4 Å². The van der Waals surface area contributed by atoms with E-state index in [0.717, 1.165) is 11.8 Å². The van der Waals surface area contributed by atoms with Crippen LogP contribution in [0.25, 0.3) is 0 Å². The Bertz CT molecular complexity index is 148. The van der Waals surface area contributed by atoms with Crippen molar-refractivity contribution in [2.45, 2.75) is 57.4 Å². The topological polar surface area (TPSA) is 38.0 Å². The number of rotatable bonds is 5. The Morgan fingerprint density at radius 2 is 1.85 bits per heavy atom. The van der Waals surface area contributed by atoms with E-state index < -0.39 is 0 Å². The molecule has 0 amide bonds. The molecule has 2 rings (SSSR count). The van der Waals surface area contributed by atoms with E-state index in [9.17, 15) is 0 Å². The fourth-order valence-electron chi connectivity index (χ4n) is 2.64. The van der Waals surface area contributed by atoms with Crippen molar-refractivity contribution in [2.75, 3.05) is 0 Å². The Morgan fingerprint density at radius 3 is 2.38 bits per heavy atom. The van der Waals surface area contributed by atoms with Crippen LogP contribution in [0.4, 0.5) is 0 Å². The molecule has 0 saturated heterocycles. The third kappa shape index (κ3) is 2.68. The Labute approximate surface area is 81.2 Å². The standard InChI is InChI=1S/C11H22N2/c12-13-11(8-7-9-5-6-9)10-3-1-2-4-10/h9-11,13H,1-8,12H2. The minimum atomic E-state index is 0.614. The molecular weight excluding hydrogens is 160 g/mol. The van der Waals surface area contributed by atoms with Gasteiger partial charge in [-0.1, -0.05) is 25.7 Å². The second-order valence-electron chi connectivity index (χ2n) is 4.84. The molecule has 2 aliphatic carbocycles. The van der Waals surface area contributed by atoms with Crippen molar-refractivity contribution in [1.82, 2.24) is 5.43 Å². The van der Waals surface area contributed by atoms with Crippen molar-refractivity contribution in [3.63, 3.8) is 0 Å². The number of nitrogens with two attached hydrogens (primary N) is 1. The molecule has 3 N–H and O–H groups in total. The first kappa shape index (κ1) is 9.47. The van der Waals surface area contributed by atoms with Gasteiger partial charge in [-0.25, -0.2) is 0 Å². The number of hydrazine groups is 1. The lowest BCUT2D eigenvalue weighted by Gasteiger charge is -2.22. The van der Waals surface area contributed by atoms with Crippen LogP contribution in [-0.4, -0.2) is 6.04 Å². The predicted molar refractivity (Wildman–Crippen MR) is 55.0 cm³/mol. The summed E-state index contributed by atoms with van der Waals surface area (Å²) in [5.41, 5.74) is 3.03. The van der Waals surface area contributed by atoms with Crippen molar-refractivity contribution in [3.8, 4) is 0 Å². The molecule has 2 nitrogen and oxygen atoms in total. The van der Waals surface area contributed by atoms with Gasteiger partial charge >= 0.3 is 0 Å². The summed E-state index contributed by atoms with van der Waals surface area (Å²) in [6.07, 6.45) is 11.3. The summed E-state index contributed by atoms with van der Waals surface area (Å²) in [6, 6.07) is 0.614. The fourth-order valence-corrected chi connectivity index (χ4v) is 2.64. The maximum Gasteiger partial charge on any atom is 0.0238 e. The van der Waals surface area contributed by atoms with Crippen LogP contribution < -0.4 is 11.3 Å². The SMILES string of the molecule is NNC(CCC1CC1)C1CCCC1. The van der Waals surface area contributed by atoms with E-state index >= 15 is 0 Å². The number of nitrogens with one attached hydrogen (secondary N) is 1. The molecule has 2 saturated carbocycles. The zero-order chi connectivity index (χ0) is 9.10. The largest absolute Gasteiger partial charge is 0.271 e. The molecule has 2 fully saturated rings. The van der Waals surface area contributed by atoms with E-state index in [-0.39, 0.29) is 0 Å². The number of hydrogen-bond donors (Lipinski definition) is 2. The van der Waals surface area contributed by atoms with Crippen molar-refractivity contribution in [2.24, 2.45) is 17.7 Å². The quantitative estimate of drug-likeness (QED) is 0.505. The molecule has 2 heteroatoms. The molecule has 0 spiro atoms. The first-order valence-corrected chi connectivity index (χ1v) is 5.86. The molecule has 0 aromatic heterocycles. The molecule has 76 valence electrons. The van der Waals surface area contributed by atoms with Crippen molar-refractivity contribution in [1.29, 1.82) is 0 Å². The summed E-state index contributed by atoms with van der Waals surface area (Å²) in [5.74, 6) is 7.54. The zero-order valence-electron chi connectivity index (χ0n) is 8.47. The third-order valence-electron chi connectivity index (χ3n) is 3.77. The van der Waals surface area contributed by atoms with Crippen molar-refractivity contribution in [3.05, 3.63) is 0 Å². The van der Waals surface area contributed by atoms with Crippen molar-refractivity contribution < 1.29 is 0 Å². The smallest absolute Gasteiger partial charge is 0.0238 e. The average Bonchev–Trinajstić information content (AvgIpc) is 2.81. The highest BCUT2D eigenvalue weighted by Gasteiger charge is 2.27. The maximum absolute atomic E-state index is 5.61. The normalized spacial score (nSPS) is 26.5.